The Labute approximate surface area is 102 Å². The number of unbranched alkanes of at least 4 members (excludes halogenated alkanes) is 2. The molecule has 0 saturated heterocycles. The van der Waals surface area contributed by atoms with Gasteiger partial charge in [0, 0.05) is 10.9 Å². The maximum absolute atomic E-state index is 5.89. The number of alkyl halides is 2. The van der Waals surface area contributed by atoms with Gasteiger partial charge in [0.15, 0.2) is 0 Å². The first-order chi connectivity index (χ1) is 5.72. The first kappa shape index (κ1) is 16.6. The minimum atomic E-state index is -0.136. The summed E-state index contributed by atoms with van der Waals surface area (Å²) in [7, 11) is 0.255. The number of hydrogen-bond acceptors (Lipinski definition) is 0. The fraction of sp³-hybridized carbons (Fsp3) is 1.00. The van der Waals surface area contributed by atoms with Crippen LogP contribution in [0.1, 0.15) is 39.5 Å². The van der Waals surface area contributed by atoms with E-state index in [2.05, 4.69) is 13.8 Å². The van der Waals surface area contributed by atoms with Crippen molar-refractivity contribution in [3.63, 3.8) is 0 Å². The van der Waals surface area contributed by atoms with Crippen LogP contribution in [0.25, 0.3) is 0 Å². The van der Waals surface area contributed by atoms with Gasteiger partial charge in [-0.15, -0.1) is 0 Å². The molecule has 0 aromatic heterocycles. The zero-order valence-electron chi connectivity index (χ0n) is 8.36. The monoisotopic (exact) mass is 264 g/mol. The largest absolute Gasteiger partial charge is 1.00 e. The van der Waals surface area contributed by atoms with Gasteiger partial charge in [0.05, 0.1) is 0 Å². The van der Waals surface area contributed by atoms with Gasteiger partial charge in [0.2, 0.25) is 0 Å². The molecule has 0 fully saturated rings. The van der Waals surface area contributed by atoms with Crippen LogP contribution in [0.4, 0.5) is 0 Å². The van der Waals surface area contributed by atoms with Crippen molar-refractivity contribution in [2.75, 3.05) is 11.5 Å². The van der Waals surface area contributed by atoms with Crippen LogP contribution in [0.5, 0.6) is 0 Å². The Morgan fingerprint density at radius 3 is 1.62 bits per heavy atom. The third-order valence-electron chi connectivity index (χ3n) is 1.77. The second kappa shape index (κ2) is 11.3. The lowest BCUT2D eigenvalue weighted by molar-refractivity contribution is -0.00000254. The molecule has 0 unspecified atom stereocenters. The zero-order chi connectivity index (χ0) is 9.40. The molecule has 82 valence electrons. The van der Waals surface area contributed by atoms with E-state index >= 15 is 0 Å². The Morgan fingerprint density at radius 2 is 1.38 bits per heavy atom. The maximum atomic E-state index is 5.89. The number of rotatable bonds is 7. The van der Waals surface area contributed by atoms with Crippen molar-refractivity contribution in [2.24, 2.45) is 0 Å². The van der Waals surface area contributed by atoms with Gasteiger partial charge < -0.3 is 12.4 Å². The van der Waals surface area contributed by atoms with Crippen molar-refractivity contribution in [3.8, 4) is 0 Å². The molecule has 0 spiro atoms. The van der Waals surface area contributed by atoms with Gasteiger partial charge in [-0.2, -0.15) is 0 Å². The summed E-state index contributed by atoms with van der Waals surface area (Å²) in [5, 5.41) is 0. The molecule has 13 heavy (non-hydrogen) atoms. The molecule has 0 N–H and O–H groups in total. The Bertz CT molecular complexity index is 90.9. The van der Waals surface area contributed by atoms with Crippen molar-refractivity contribution < 1.29 is 12.4 Å². The van der Waals surface area contributed by atoms with E-state index in [4.69, 9.17) is 23.2 Å². The molecular weight excluding hydrogens is 247 g/mol. The molecule has 0 bridgehead atoms. The van der Waals surface area contributed by atoms with Crippen molar-refractivity contribution in [2.45, 2.75) is 43.7 Å². The van der Waals surface area contributed by atoms with Gasteiger partial charge in [-0.3, -0.25) is 0 Å². The van der Waals surface area contributed by atoms with Crippen molar-refractivity contribution in [1.82, 2.24) is 0 Å². The topological polar surface area (TPSA) is 0 Å². The van der Waals surface area contributed by atoms with E-state index in [1.807, 2.05) is 0 Å². The molecule has 0 aliphatic heterocycles. The smallest absolute Gasteiger partial charge is 0.265 e. The highest BCUT2D eigenvalue weighted by atomic mass is 35.5. The van der Waals surface area contributed by atoms with Gasteiger partial charge in [-0.1, -0.05) is 26.7 Å². The fourth-order valence-corrected chi connectivity index (χ4v) is 3.89. The molecule has 0 heterocycles. The highest BCUT2D eigenvalue weighted by Gasteiger charge is 2.24. The molecule has 0 nitrogen and oxygen atoms in total. The molecule has 0 radical (unpaired) electrons. The Hall–Kier alpha value is 1.22. The zero-order valence-corrected chi connectivity index (χ0v) is 11.4. The van der Waals surface area contributed by atoms with Gasteiger partial charge in [0.25, 0.3) is 4.17 Å². The second-order valence-corrected chi connectivity index (χ2v) is 6.89. The summed E-state index contributed by atoms with van der Waals surface area (Å²) in [6, 6.07) is 0. The van der Waals surface area contributed by atoms with Crippen LogP contribution in [0.2, 0.25) is 0 Å². The summed E-state index contributed by atoms with van der Waals surface area (Å²) in [5.41, 5.74) is 0. The van der Waals surface area contributed by atoms with Gasteiger partial charge in [0.1, 0.15) is 11.5 Å². The predicted molar refractivity (Wildman–Crippen MR) is 62.4 cm³/mol. The van der Waals surface area contributed by atoms with Crippen molar-refractivity contribution in [3.05, 3.63) is 0 Å². The SMILES string of the molecule is CCCC[S+](CCCC)C(Cl)Cl.[Cl-]. The summed E-state index contributed by atoms with van der Waals surface area (Å²) in [5.74, 6) is 2.43. The first-order valence-electron chi connectivity index (χ1n) is 4.66. The summed E-state index contributed by atoms with van der Waals surface area (Å²) >= 11 is 11.8. The quantitative estimate of drug-likeness (QED) is 0.475. The van der Waals surface area contributed by atoms with E-state index in [0.29, 0.717) is 0 Å². The molecular formula is C9H19Cl3S. The summed E-state index contributed by atoms with van der Waals surface area (Å²) < 4.78 is -0.136. The van der Waals surface area contributed by atoms with Crippen molar-refractivity contribution in [1.29, 1.82) is 0 Å². The molecule has 0 amide bonds. The average Bonchev–Trinajstić information content (AvgIpc) is 2.04. The number of halogens is 3. The Balaban J connectivity index is 0. The molecule has 0 atom stereocenters. The molecule has 0 aliphatic rings. The van der Waals surface area contributed by atoms with E-state index in [1.165, 1.54) is 37.2 Å². The van der Waals surface area contributed by atoms with Gasteiger partial charge >= 0.3 is 0 Å². The van der Waals surface area contributed by atoms with E-state index < -0.39 is 0 Å². The lowest BCUT2D eigenvalue weighted by Gasteiger charge is -2.07. The molecule has 0 aromatic rings. The van der Waals surface area contributed by atoms with E-state index in [-0.39, 0.29) is 27.5 Å². The highest BCUT2D eigenvalue weighted by molar-refractivity contribution is 7.99. The molecule has 0 rings (SSSR count). The lowest BCUT2D eigenvalue weighted by Crippen LogP contribution is -3.00. The minimum Gasteiger partial charge on any atom is -1.00 e. The fourth-order valence-electron chi connectivity index (χ4n) is 0.940. The third-order valence-corrected chi connectivity index (χ3v) is 5.41. The van der Waals surface area contributed by atoms with Gasteiger partial charge in [-0.25, -0.2) is 0 Å². The van der Waals surface area contributed by atoms with Crippen LogP contribution < -0.4 is 12.4 Å². The average molecular weight is 266 g/mol. The van der Waals surface area contributed by atoms with Crippen LogP contribution in [-0.2, 0) is 10.9 Å². The van der Waals surface area contributed by atoms with Crippen LogP contribution in [-0.4, -0.2) is 15.7 Å². The Morgan fingerprint density at radius 1 is 1.00 bits per heavy atom. The standard InChI is InChI=1S/C9H19Cl2S.ClH/c1-3-5-7-12(9(10)11)8-6-4-2;/h9H,3-8H2,1-2H3;1H/q+1;/p-1. The lowest BCUT2D eigenvalue weighted by atomic mass is 10.4. The second-order valence-electron chi connectivity index (χ2n) is 2.91. The molecule has 0 aliphatic carbocycles. The minimum absolute atomic E-state index is 0. The molecule has 0 aromatic carbocycles. The third kappa shape index (κ3) is 9.52. The van der Waals surface area contributed by atoms with Crippen LogP contribution >= 0.6 is 23.2 Å². The van der Waals surface area contributed by atoms with Gasteiger partial charge in [-0.05, 0) is 36.0 Å². The normalized spacial score (nSPS) is 10.6. The molecule has 0 saturated carbocycles. The van der Waals surface area contributed by atoms with E-state index in [1.54, 1.807) is 0 Å². The maximum Gasteiger partial charge on any atom is 0.265 e. The van der Waals surface area contributed by atoms with E-state index in [0.717, 1.165) is 0 Å². The van der Waals surface area contributed by atoms with Crippen LogP contribution in [0.3, 0.4) is 0 Å². The molecule has 4 heteroatoms. The van der Waals surface area contributed by atoms with E-state index in [9.17, 15) is 0 Å². The summed E-state index contributed by atoms with van der Waals surface area (Å²) in [6.45, 7) is 4.41. The summed E-state index contributed by atoms with van der Waals surface area (Å²) in [4.78, 5) is 0. The first-order valence-corrected chi connectivity index (χ1v) is 7.16. The Kier molecular flexibility index (Phi) is 14.5. The predicted octanol–water partition coefficient (Wildman–Crippen LogP) is 0.970. The number of hydrogen-bond donors (Lipinski definition) is 0. The summed E-state index contributed by atoms with van der Waals surface area (Å²) in [6.07, 6.45) is 5.03. The van der Waals surface area contributed by atoms with Crippen LogP contribution in [0, 0.1) is 0 Å². The van der Waals surface area contributed by atoms with Crippen molar-refractivity contribution >= 4 is 34.1 Å². The highest BCUT2D eigenvalue weighted by Crippen LogP contribution is 2.18. The van der Waals surface area contributed by atoms with Crippen LogP contribution in [0.15, 0.2) is 0 Å².